The van der Waals surface area contributed by atoms with Crippen LogP contribution in [-0.2, 0) is 4.74 Å². The zero-order valence-electron chi connectivity index (χ0n) is 11.2. The molecule has 4 nitrogen and oxygen atoms in total. The summed E-state index contributed by atoms with van der Waals surface area (Å²) in [6.07, 6.45) is 1.69. The van der Waals surface area contributed by atoms with Gasteiger partial charge in [-0.1, -0.05) is 25.5 Å². The zero-order chi connectivity index (χ0) is 13.8. The van der Waals surface area contributed by atoms with Crippen molar-refractivity contribution in [1.29, 1.82) is 0 Å². The van der Waals surface area contributed by atoms with Crippen molar-refractivity contribution < 1.29 is 13.5 Å². The second-order valence-corrected chi connectivity index (χ2v) is 4.51. The maximum Gasteiger partial charge on any atom is 0.169 e. The summed E-state index contributed by atoms with van der Waals surface area (Å²) >= 11 is 0. The molecule has 104 valence electrons. The lowest BCUT2D eigenvalue weighted by molar-refractivity contribution is 0.0541. The lowest BCUT2D eigenvalue weighted by Gasteiger charge is -2.23. The first-order chi connectivity index (χ1) is 9.21. The summed E-state index contributed by atoms with van der Waals surface area (Å²) in [5, 5.41) is 0.724. The second-order valence-electron chi connectivity index (χ2n) is 4.51. The van der Waals surface area contributed by atoms with Crippen LogP contribution < -0.4 is 11.3 Å². The van der Waals surface area contributed by atoms with Crippen LogP contribution >= 0.6 is 0 Å². The van der Waals surface area contributed by atoms with Crippen LogP contribution in [0.2, 0.25) is 0 Å². The number of nitrogens with two attached hydrogens (primary N) is 1. The number of hydrazine groups is 1. The van der Waals surface area contributed by atoms with E-state index in [0.29, 0.717) is 5.76 Å². The first kappa shape index (κ1) is 14.0. The van der Waals surface area contributed by atoms with Crippen molar-refractivity contribution in [2.24, 2.45) is 5.84 Å². The summed E-state index contributed by atoms with van der Waals surface area (Å²) in [4.78, 5) is 0. The molecule has 0 aliphatic rings. The molecule has 0 fully saturated rings. The molecular weight excluding hydrogens is 247 g/mol. The maximum atomic E-state index is 13.6. The van der Waals surface area contributed by atoms with Gasteiger partial charge in [0.1, 0.15) is 11.8 Å². The molecule has 0 amide bonds. The maximum absolute atomic E-state index is 13.6. The minimum atomic E-state index is -0.371. The van der Waals surface area contributed by atoms with Gasteiger partial charge in [0, 0.05) is 12.5 Å². The summed E-state index contributed by atoms with van der Waals surface area (Å²) in [6, 6.07) is 6.34. The molecule has 2 rings (SSSR count). The predicted octanol–water partition coefficient (Wildman–Crippen LogP) is 2.89. The van der Waals surface area contributed by atoms with Crippen LogP contribution in [-0.4, -0.2) is 13.2 Å². The highest BCUT2D eigenvalue weighted by Gasteiger charge is 2.25. The van der Waals surface area contributed by atoms with Crippen LogP contribution in [0.5, 0.6) is 0 Å². The fourth-order valence-electron chi connectivity index (χ4n) is 2.28. The summed E-state index contributed by atoms with van der Waals surface area (Å²) in [7, 11) is 1.63. The summed E-state index contributed by atoms with van der Waals surface area (Å²) < 4.78 is 24.6. The van der Waals surface area contributed by atoms with E-state index < -0.39 is 0 Å². The number of nitrogens with one attached hydrogen (secondary N) is 1. The van der Waals surface area contributed by atoms with Crippen molar-refractivity contribution in [1.82, 2.24) is 5.43 Å². The van der Waals surface area contributed by atoms with E-state index in [1.54, 1.807) is 25.3 Å². The fourth-order valence-corrected chi connectivity index (χ4v) is 2.28. The highest BCUT2D eigenvalue weighted by atomic mass is 19.1. The van der Waals surface area contributed by atoms with E-state index in [1.165, 1.54) is 6.07 Å². The van der Waals surface area contributed by atoms with Gasteiger partial charge in [0.25, 0.3) is 0 Å². The standard InChI is InChI=1S/C14H19FN2O2/c1-3-5-11(18-2)13(17-16)12-8-9-6-4-7-10(15)14(9)19-12/h4,6-8,11,13,17H,3,5,16H2,1-2H3. The third kappa shape index (κ3) is 2.78. The smallest absolute Gasteiger partial charge is 0.169 e. The molecule has 0 radical (unpaired) electrons. The molecule has 5 heteroatoms. The second kappa shape index (κ2) is 6.14. The normalized spacial score (nSPS) is 14.7. The number of rotatable bonds is 6. The number of hydrogen-bond donors (Lipinski definition) is 2. The van der Waals surface area contributed by atoms with Gasteiger partial charge in [-0.05, 0) is 18.6 Å². The Kier molecular flexibility index (Phi) is 4.52. The van der Waals surface area contributed by atoms with Gasteiger partial charge in [-0.15, -0.1) is 0 Å². The number of halogens is 1. The van der Waals surface area contributed by atoms with E-state index in [1.807, 2.05) is 0 Å². The SMILES string of the molecule is CCCC(OC)C(NN)c1cc2cccc(F)c2o1. The van der Waals surface area contributed by atoms with Gasteiger partial charge in [-0.2, -0.15) is 0 Å². The van der Waals surface area contributed by atoms with E-state index >= 15 is 0 Å². The Bertz CT molecular complexity index is 541. The van der Waals surface area contributed by atoms with Crippen molar-refractivity contribution in [3.8, 4) is 0 Å². The number of fused-ring (bicyclic) bond motifs is 1. The van der Waals surface area contributed by atoms with Crippen LogP contribution in [0.4, 0.5) is 4.39 Å². The lowest BCUT2D eigenvalue weighted by atomic mass is 10.0. The number of ether oxygens (including phenoxy) is 1. The molecular formula is C14H19FN2O2. The fraction of sp³-hybridized carbons (Fsp3) is 0.429. The summed E-state index contributed by atoms with van der Waals surface area (Å²) in [5.74, 6) is 5.80. The van der Waals surface area contributed by atoms with Gasteiger partial charge in [-0.25, -0.2) is 9.82 Å². The van der Waals surface area contributed by atoms with Gasteiger partial charge in [0.2, 0.25) is 0 Å². The monoisotopic (exact) mass is 266 g/mol. The highest BCUT2D eigenvalue weighted by Crippen LogP contribution is 2.29. The van der Waals surface area contributed by atoms with Crippen molar-refractivity contribution in [3.63, 3.8) is 0 Å². The predicted molar refractivity (Wildman–Crippen MR) is 71.9 cm³/mol. The van der Waals surface area contributed by atoms with Crippen LogP contribution in [0.1, 0.15) is 31.6 Å². The van der Waals surface area contributed by atoms with Crippen molar-refractivity contribution in [2.45, 2.75) is 31.9 Å². The Labute approximate surface area is 111 Å². The molecule has 0 bridgehead atoms. The average molecular weight is 266 g/mol. The van der Waals surface area contributed by atoms with Crippen LogP contribution in [0.3, 0.4) is 0 Å². The van der Waals surface area contributed by atoms with E-state index in [2.05, 4.69) is 12.3 Å². The number of methoxy groups -OCH3 is 1. The third-order valence-corrected chi connectivity index (χ3v) is 3.25. The van der Waals surface area contributed by atoms with Gasteiger partial charge in [0.05, 0.1) is 6.10 Å². The number of hydrogen-bond acceptors (Lipinski definition) is 4. The van der Waals surface area contributed by atoms with E-state index in [0.717, 1.165) is 18.2 Å². The molecule has 1 aromatic carbocycles. The van der Waals surface area contributed by atoms with E-state index in [4.69, 9.17) is 15.0 Å². The molecule has 0 saturated heterocycles. The van der Waals surface area contributed by atoms with Crippen LogP contribution in [0, 0.1) is 5.82 Å². The average Bonchev–Trinajstić information content (AvgIpc) is 2.84. The largest absolute Gasteiger partial charge is 0.456 e. The van der Waals surface area contributed by atoms with E-state index in [-0.39, 0.29) is 23.5 Å². The lowest BCUT2D eigenvalue weighted by Crippen LogP contribution is -2.37. The molecule has 19 heavy (non-hydrogen) atoms. The molecule has 3 N–H and O–H groups in total. The topological polar surface area (TPSA) is 60.4 Å². The van der Waals surface area contributed by atoms with Crippen LogP contribution in [0.25, 0.3) is 11.0 Å². The number of para-hydroxylation sites is 1. The summed E-state index contributed by atoms with van der Waals surface area (Å²) in [5.41, 5.74) is 2.95. The first-order valence-electron chi connectivity index (χ1n) is 6.38. The molecule has 2 atom stereocenters. The van der Waals surface area contributed by atoms with Crippen LogP contribution in [0.15, 0.2) is 28.7 Å². The first-order valence-corrected chi connectivity index (χ1v) is 6.38. The van der Waals surface area contributed by atoms with Gasteiger partial charge in [0.15, 0.2) is 11.4 Å². The molecule has 0 saturated carbocycles. The quantitative estimate of drug-likeness (QED) is 0.623. The van der Waals surface area contributed by atoms with Gasteiger partial charge >= 0.3 is 0 Å². The molecule has 0 aliphatic heterocycles. The highest BCUT2D eigenvalue weighted by molar-refractivity contribution is 5.78. The number of benzene rings is 1. The Morgan fingerprint density at radius 3 is 2.84 bits per heavy atom. The summed E-state index contributed by atoms with van der Waals surface area (Å²) in [6.45, 7) is 2.07. The molecule has 0 aliphatic carbocycles. The number of furan rings is 1. The minimum absolute atomic E-state index is 0.112. The van der Waals surface area contributed by atoms with Gasteiger partial charge in [-0.3, -0.25) is 5.84 Å². The molecule has 1 aromatic heterocycles. The minimum Gasteiger partial charge on any atom is -0.456 e. The molecule has 0 spiro atoms. The Hall–Kier alpha value is -1.43. The Morgan fingerprint density at radius 2 is 2.26 bits per heavy atom. The van der Waals surface area contributed by atoms with Gasteiger partial charge < -0.3 is 9.15 Å². The Morgan fingerprint density at radius 1 is 1.47 bits per heavy atom. The molecule has 2 unspecified atom stereocenters. The van der Waals surface area contributed by atoms with Crippen molar-refractivity contribution in [3.05, 3.63) is 35.8 Å². The molecule has 2 aromatic rings. The third-order valence-electron chi connectivity index (χ3n) is 3.25. The van der Waals surface area contributed by atoms with Crippen molar-refractivity contribution >= 4 is 11.0 Å². The zero-order valence-corrected chi connectivity index (χ0v) is 11.2. The van der Waals surface area contributed by atoms with E-state index in [9.17, 15) is 4.39 Å². The molecule has 1 heterocycles. The Balaban J connectivity index is 2.37. The van der Waals surface area contributed by atoms with Crippen molar-refractivity contribution in [2.75, 3.05) is 7.11 Å².